The lowest BCUT2D eigenvalue weighted by Gasteiger charge is -2.09. The summed E-state index contributed by atoms with van der Waals surface area (Å²) < 4.78 is 19.3. The first kappa shape index (κ1) is 18.3. The van der Waals surface area contributed by atoms with E-state index in [1.807, 2.05) is 24.3 Å². The molecule has 0 aliphatic carbocycles. The number of halogens is 1. The van der Waals surface area contributed by atoms with Crippen molar-refractivity contribution in [3.63, 3.8) is 0 Å². The SMILES string of the molecule is COc1cccc(CNC(=O)Cn2nc(-c3ccc(F)cc3)ccc2=O)c1. The monoisotopic (exact) mass is 367 g/mol. The van der Waals surface area contributed by atoms with E-state index in [1.54, 1.807) is 25.3 Å². The Hall–Kier alpha value is -3.48. The third-order valence-electron chi connectivity index (χ3n) is 3.92. The molecule has 0 spiro atoms. The molecule has 2 aromatic carbocycles. The number of carbonyl (C=O) groups is 1. The van der Waals surface area contributed by atoms with Gasteiger partial charge in [0.2, 0.25) is 5.91 Å². The van der Waals surface area contributed by atoms with E-state index < -0.39 is 5.56 Å². The van der Waals surface area contributed by atoms with E-state index in [0.717, 1.165) is 10.2 Å². The van der Waals surface area contributed by atoms with Crippen molar-refractivity contribution < 1.29 is 13.9 Å². The maximum Gasteiger partial charge on any atom is 0.267 e. The highest BCUT2D eigenvalue weighted by Gasteiger charge is 2.08. The van der Waals surface area contributed by atoms with Crippen molar-refractivity contribution in [2.75, 3.05) is 7.11 Å². The first-order valence-electron chi connectivity index (χ1n) is 8.29. The Labute approximate surface area is 155 Å². The lowest BCUT2D eigenvalue weighted by Crippen LogP contribution is -2.33. The molecule has 6 nitrogen and oxygen atoms in total. The van der Waals surface area contributed by atoms with Gasteiger partial charge >= 0.3 is 0 Å². The van der Waals surface area contributed by atoms with Gasteiger partial charge in [0.15, 0.2) is 0 Å². The molecule has 0 saturated heterocycles. The van der Waals surface area contributed by atoms with E-state index in [9.17, 15) is 14.0 Å². The van der Waals surface area contributed by atoms with Gasteiger partial charge in [0.1, 0.15) is 18.1 Å². The smallest absolute Gasteiger partial charge is 0.267 e. The van der Waals surface area contributed by atoms with E-state index in [0.29, 0.717) is 23.6 Å². The zero-order valence-electron chi connectivity index (χ0n) is 14.7. The second-order valence-corrected chi connectivity index (χ2v) is 5.85. The molecule has 27 heavy (non-hydrogen) atoms. The number of ether oxygens (including phenoxy) is 1. The Balaban J connectivity index is 1.69. The minimum absolute atomic E-state index is 0.210. The third-order valence-corrected chi connectivity index (χ3v) is 3.92. The highest BCUT2D eigenvalue weighted by atomic mass is 19.1. The van der Waals surface area contributed by atoms with Gasteiger partial charge in [-0.1, -0.05) is 12.1 Å². The van der Waals surface area contributed by atoms with Gasteiger partial charge in [-0.2, -0.15) is 5.10 Å². The number of carbonyl (C=O) groups excluding carboxylic acids is 1. The topological polar surface area (TPSA) is 73.2 Å². The maximum atomic E-state index is 13.1. The largest absolute Gasteiger partial charge is 0.497 e. The number of benzene rings is 2. The summed E-state index contributed by atoms with van der Waals surface area (Å²) in [6.07, 6.45) is 0. The van der Waals surface area contributed by atoms with Crippen LogP contribution in [-0.4, -0.2) is 22.8 Å². The molecule has 1 aromatic heterocycles. The fraction of sp³-hybridized carbons (Fsp3) is 0.150. The molecule has 0 unspecified atom stereocenters. The van der Waals surface area contributed by atoms with E-state index in [2.05, 4.69) is 10.4 Å². The van der Waals surface area contributed by atoms with Crippen molar-refractivity contribution in [3.05, 3.63) is 82.4 Å². The summed E-state index contributed by atoms with van der Waals surface area (Å²) in [6, 6.07) is 16.0. The van der Waals surface area contributed by atoms with Gasteiger partial charge in [-0.25, -0.2) is 9.07 Å². The quantitative estimate of drug-likeness (QED) is 0.726. The zero-order valence-corrected chi connectivity index (χ0v) is 14.7. The Bertz CT molecular complexity index is 1000. The average Bonchev–Trinajstić information content (AvgIpc) is 2.69. The highest BCUT2D eigenvalue weighted by molar-refractivity contribution is 5.75. The summed E-state index contributed by atoms with van der Waals surface area (Å²) in [6.45, 7) is 0.0975. The van der Waals surface area contributed by atoms with Crippen LogP contribution in [0, 0.1) is 5.82 Å². The van der Waals surface area contributed by atoms with Crippen molar-refractivity contribution >= 4 is 5.91 Å². The molecular weight excluding hydrogens is 349 g/mol. The molecule has 0 atom stereocenters. The third kappa shape index (κ3) is 4.78. The normalized spacial score (nSPS) is 10.4. The lowest BCUT2D eigenvalue weighted by atomic mass is 10.1. The van der Waals surface area contributed by atoms with Gasteiger partial charge in [-0.05, 0) is 48.0 Å². The molecule has 0 saturated carbocycles. The molecule has 0 fully saturated rings. The van der Waals surface area contributed by atoms with Crippen molar-refractivity contribution in [2.24, 2.45) is 0 Å². The minimum atomic E-state index is -0.391. The summed E-state index contributed by atoms with van der Waals surface area (Å²) in [4.78, 5) is 24.2. The van der Waals surface area contributed by atoms with E-state index >= 15 is 0 Å². The van der Waals surface area contributed by atoms with Crippen LogP contribution in [0.15, 0.2) is 65.5 Å². The predicted molar refractivity (Wildman–Crippen MR) is 98.7 cm³/mol. The summed E-state index contributed by atoms with van der Waals surface area (Å²) in [7, 11) is 1.57. The van der Waals surface area contributed by atoms with E-state index in [4.69, 9.17) is 4.74 Å². The first-order valence-corrected chi connectivity index (χ1v) is 8.29. The standard InChI is InChI=1S/C20H18FN3O3/c1-27-17-4-2-3-14(11-17)12-22-19(25)13-24-20(26)10-9-18(23-24)15-5-7-16(21)8-6-15/h2-11H,12-13H2,1H3,(H,22,25). The van der Waals surface area contributed by atoms with Crippen LogP contribution in [0.1, 0.15) is 5.56 Å². The molecule has 138 valence electrons. The summed E-state index contributed by atoms with van der Waals surface area (Å²) in [5.74, 6) is -0.000646. The summed E-state index contributed by atoms with van der Waals surface area (Å²) >= 11 is 0. The number of nitrogens with zero attached hydrogens (tertiary/aromatic N) is 2. The number of rotatable bonds is 6. The second-order valence-electron chi connectivity index (χ2n) is 5.85. The molecule has 3 aromatic rings. The van der Waals surface area contributed by atoms with Crippen LogP contribution >= 0.6 is 0 Å². The number of aromatic nitrogens is 2. The molecule has 7 heteroatoms. The van der Waals surface area contributed by atoms with Crippen LogP contribution in [0.2, 0.25) is 0 Å². The predicted octanol–water partition coefficient (Wildman–Crippen LogP) is 2.37. The Morgan fingerprint density at radius 2 is 1.93 bits per heavy atom. The fourth-order valence-corrected chi connectivity index (χ4v) is 2.51. The minimum Gasteiger partial charge on any atom is -0.497 e. The van der Waals surface area contributed by atoms with Crippen LogP contribution in [0.3, 0.4) is 0 Å². The van der Waals surface area contributed by atoms with E-state index in [-0.39, 0.29) is 18.3 Å². The molecule has 3 rings (SSSR count). The molecule has 1 heterocycles. The van der Waals surface area contributed by atoms with Crippen LogP contribution in [0.25, 0.3) is 11.3 Å². The number of hydrogen-bond acceptors (Lipinski definition) is 4. The van der Waals surface area contributed by atoms with Gasteiger partial charge in [-0.15, -0.1) is 0 Å². The molecule has 0 bridgehead atoms. The maximum absolute atomic E-state index is 13.1. The van der Waals surface area contributed by atoms with Crippen molar-refractivity contribution in [2.45, 2.75) is 13.1 Å². The number of methoxy groups -OCH3 is 1. The van der Waals surface area contributed by atoms with Crippen LogP contribution < -0.4 is 15.6 Å². The average molecular weight is 367 g/mol. The molecule has 1 N–H and O–H groups in total. The van der Waals surface area contributed by atoms with Crippen LogP contribution in [0.5, 0.6) is 5.75 Å². The Kier molecular flexibility index (Phi) is 5.61. The van der Waals surface area contributed by atoms with Crippen molar-refractivity contribution in [1.29, 1.82) is 0 Å². The Morgan fingerprint density at radius 1 is 1.15 bits per heavy atom. The van der Waals surface area contributed by atoms with Gasteiger partial charge in [-0.3, -0.25) is 9.59 Å². The number of hydrogen-bond donors (Lipinski definition) is 1. The van der Waals surface area contributed by atoms with Crippen LogP contribution in [-0.2, 0) is 17.9 Å². The molecule has 0 aliphatic heterocycles. The van der Waals surface area contributed by atoms with E-state index in [1.165, 1.54) is 18.2 Å². The Morgan fingerprint density at radius 3 is 2.67 bits per heavy atom. The lowest BCUT2D eigenvalue weighted by molar-refractivity contribution is -0.122. The van der Waals surface area contributed by atoms with Crippen molar-refractivity contribution in [1.82, 2.24) is 15.1 Å². The van der Waals surface area contributed by atoms with Gasteiger partial charge < -0.3 is 10.1 Å². The highest BCUT2D eigenvalue weighted by Crippen LogP contribution is 2.15. The second kappa shape index (κ2) is 8.27. The van der Waals surface area contributed by atoms with Gasteiger partial charge in [0.25, 0.3) is 5.56 Å². The molecular formula is C20H18FN3O3. The summed E-state index contributed by atoms with van der Waals surface area (Å²) in [5, 5.41) is 6.94. The van der Waals surface area contributed by atoms with Gasteiger partial charge in [0, 0.05) is 18.2 Å². The first-order chi connectivity index (χ1) is 13.0. The molecule has 0 aliphatic rings. The molecule has 1 amide bonds. The van der Waals surface area contributed by atoms with Crippen LogP contribution in [0.4, 0.5) is 4.39 Å². The number of amides is 1. The summed E-state index contributed by atoms with van der Waals surface area (Å²) in [5.41, 5.74) is 1.62. The van der Waals surface area contributed by atoms with Crippen molar-refractivity contribution in [3.8, 4) is 17.0 Å². The fourth-order valence-electron chi connectivity index (χ4n) is 2.51. The molecule has 0 radical (unpaired) electrons. The zero-order chi connectivity index (χ0) is 19.2. The van der Waals surface area contributed by atoms with Gasteiger partial charge in [0.05, 0.1) is 12.8 Å². The number of nitrogens with one attached hydrogen (secondary N) is 1.